The highest BCUT2D eigenvalue weighted by atomic mass is 32.1. The molecule has 0 radical (unpaired) electrons. The van der Waals surface area contributed by atoms with E-state index >= 15 is 0 Å². The second kappa shape index (κ2) is 5.68. The van der Waals surface area contributed by atoms with E-state index in [1.807, 2.05) is 0 Å². The number of rotatable bonds is 2. The normalized spacial score (nSPS) is 24.6. The van der Waals surface area contributed by atoms with Gasteiger partial charge in [-0.05, 0) is 25.3 Å². The van der Waals surface area contributed by atoms with Crippen molar-refractivity contribution in [3.63, 3.8) is 0 Å². The summed E-state index contributed by atoms with van der Waals surface area (Å²) >= 11 is 1.81. The van der Waals surface area contributed by atoms with Gasteiger partial charge >= 0.3 is 0 Å². The molecular weight excluding hydrogens is 228 g/mol. The highest BCUT2D eigenvalue weighted by molar-refractivity contribution is 7.10. The van der Waals surface area contributed by atoms with E-state index in [0.717, 1.165) is 18.0 Å². The van der Waals surface area contributed by atoms with Crippen molar-refractivity contribution in [3.8, 4) is 11.8 Å². The molecule has 92 valence electrons. The maximum atomic E-state index is 5.37. The third kappa shape index (κ3) is 3.32. The quantitative estimate of drug-likeness (QED) is 0.814. The molecule has 2 N–H and O–H groups in total. The molecule has 0 bridgehead atoms. The van der Waals surface area contributed by atoms with Crippen molar-refractivity contribution in [1.82, 2.24) is 4.90 Å². The van der Waals surface area contributed by atoms with Crippen molar-refractivity contribution < 1.29 is 0 Å². The highest BCUT2D eigenvalue weighted by Gasteiger charge is 2.25. The summed E-state index contributed by atoms with van der Waals surface area (Å²) in [5.41, 5.74) is 6.48. The third-order valence-corrected chi connectivity index (χ3v) is 4.18. The van der Waals surface area contributed by atoms with Gasteiger partial charge in [-0.2, -0.15) is 0 Å². The summed E-state index contributed by atoms with van der Waals surface area (Å²) in [6.45, 7) is 7.39. The predicted molar refractivity (Wildman–Crippen MR) is 73.9 cm³/mol. The molecule has 1 aliphatic heterocycles. The summed E-state index contributed by atoms with van der Waals surface area (Å²) in [6, 6.07) is 2.91. The topological polar surface area (TPSA) is 29.3 Å². The Hall–Kier alpha value is -0.820. The Morgan fingerprint density at radius 2 is 2.35 bits per heavy atom. The van der Waals surface area contributed by atoms with Crippen LogP contribution in [-0.4, -0.2) is 24.0 Å². The molecule has 2 heterocycles. The molecule has 1 aromatic heterocycles. The first kappa shape index (κ1) is 12.6. The Kier molecular flexibility index (Phi) is 4.22. The van der Waals surface area contributed by atoms with Crippen molar-refractivity contribution in [1.29, 1.82) is 0 Å². The fraction of sp³-hybridized carbons (Fsp3) is 0.571. The maximum Gasteiger partial charge on any atom is 0.0555 e. The fourth-order valence-electron chi connectivity index (χ4n) is 2.49. The molecule has 0 spiro atoms. The lowest BCUT2D eigenvalue weighted by molar-refractivity contribution is 0.259. The van der Waals surface area contributed by atoms with E-state index in [1.165, 1.54) is 17.8 Å². The largest absolute Gasteiger partial charge is 0.320 e. The van der Waals surface area contributed by atoms with E-state index in [0.29, 0.717) is 12.6 Å². The van der Waals surface area contributed by atoms with E-state index in [9.17, 15) is 0 Å². The highest BCUT2D eigenvalue weighted by Crippen LogP contribution is 2.26. The van der Waals surface area contributed by atoms with Gasteiger partial charge in [-0.1, -0.05) is 18.8 Å². The number of likely N-dealkylation sites (tertiary alicyclic amines) is 1. The van der Waals surface area contributed by atoms with Crippen LogP contribution in [0.5, 0.6) is 0 Å². The van der Waals surface area contributed by atoms with Crippen LogP contribution in [0.2, 0.25) is 0 Å². The average molecular weight is 248 g/mol. The molecule has 2 unspecified atom stereocenters. The van der Waals surface area contributed by atoms with Crippen molar-refractivity contribution in [2.45, 2.75) is 32.9 Å². The van der Waals surface area contributed by atoms with Crippen LogP contribution in [0.15, 0.2) is 11.4 Å². The number of hydrogen-bond donors (Lipinski definition) is 1. The van der Waals surface area contributed by atoms with Crippen LogP contribution in [0.4, 0.5) is 0 Å². The lowest BCUT2D eigenvalue weighted by atomic mass is 10.1. The molecule has 1 saturated heterocycles. The fourth-order valence-corrected chi connectivity index (χ4v) is 3.33. The molecule has 1 fully saturated rings. The van der Waals surface area contributed by atoms with Gasteiger partial charge < -0.3 is 5.73 Å². The first-order valence-corrected chi connectivity index (χ1v) is 7.07. The first-order chi connectivity index (χ1) is 8.19. The van der Waals surface area contributed by atoms with Crippen molar-refractivity contribution in [2.24, 2.45) is 11.7 Å². The molecule has 2 rings (SSSR count). The maximum absolute atomic E-state index is 5.37. The van der Waals surface area contributed by atoms with Gasteiger partial charge in [-0.25, -0.2) is 0 Å². The zero-order valence-corrected chi connectivity index (χ0v) is 11.4. The summed E-state index contributed by atoms with van der Waals surface area (Å²) in [7, 11) is 0. The van der Waals surface area contributed by atoms with Crippen molar-refractivity contribution >= 4 is 11.3 Å². The molecule has 0 saturated carbocycles. The Bertz CT molecular complexity index is 427. The van der Waals surface area contributed by atoms with Crippen LogP contribution in [-0.2, 0) is 6.54 Å². The molecular formula is C14H20N2S. The minimum absolute atomic E-state index is 0.436. The second-order valence-corrected chi connectivity index (χ2v) is 5.92. The molecule has 2 atom stereocenters. The van der Waals surface area contributed by atoms with Crippen LogP contribution in [0.25, 0.3) is 0 Å². The van der Waals surface area contributed by atoms with Gasteiger partial charge in [0, 0.05) is 35.0 Å². The van der Waals surface area contributed by atoms with Crippen LogP contribution in [0.3, 0.4) is 0 Å². The zero-order valence-electron chi connectivity index (χ0n) is 10.6. The SMILES string of the molecule is CC1CC(C)N(Cc2cc(C#CCN)cs2)C1. The van der Waals surface area contributed by atoms with E-state index in [4.69, 9.17) is 5.73 Å². The molecule has 0 amide bonds. The number of nitrogens with zero attached hydrogens (tertiary/aromatic N) is 1. The molecule has 0 aliphatic carbocycles. The lowest BCUT2D eigenvalue weighted by Gasteiger charge is -2.19. The Morgan fingerprint density at radius 3 is 3.00 bits per heavy atom. The number of hydrogen-bond acceptors (Lipinski definition) is 3. The first-order valence-electron chi connectivity index (χ1n) is 6.19. The van der Waals surface area contributed by atoms with E-state index < -0.39 is 0 Å². The predicted octanol–water partition coefficient (Wildman–Crippen LogP) is 2.29. The van der Waals surface area contributed by atoms with E-state index in [2.05, 4.69) is 42.0 Å². The van der Waals surface area contributed by atoms with Gasteiger partial charge in [0.15, 0.2) is 0 Å². The monoisotopic (exact) mass is 248 g/mol. The summed E-state index contributed by atoms with van der Waals surface area (Å²) < 4.78 is 0. The lowest BCUT2D eigenvalue weighted by Crippen LogP contribution is -2.26. The third-order valence-electron chi connectivity index (χ3n) is 3.26. The van der Waals surface area contributed by atoms with Gasteiger partial charge in [0.1, 0.15) is 0 Å². The minimum atomic E-state index is 0.436. The van der Waals surface area contributed by atoms with Crippen molar-refractivity contribution in [3.05, 3.63) is 21.9 Å². The van der Waals surface area contributed by atoms with Gasteiger partial charge in [0.2, 0.25) is 0 Å². The molecule has 3 heteroatoms. The Balaban J connectivity index is 1.97. The van der Waals surface area contributed by atoms with Crippen LogP contribution in [0.1, 0.15) is 30.7 Å². The standard InChI is InChI=1S/C14H20N2S/c1-11-6-12(2)16(8-11)9-14-7-13(10-17-14)4-3-5-15/h7,10-12H,5-6,8-9,15H2,1-2H3. The van der Waals surface area contributed by atoms with Gasteiger partial charge in [-0.3, -0.25) is 4.90 Å². The number of nitrogens with two attached hydrogens (primary N) is 1. The summed E-state index contributed by atoms with van der Waals surface area (Å²) in [6.07, 6.45) is 1.32. The van der Waals surface area contributed by atoms with Gasteiger partial charge in [0.25, 0.3) is 0 Å². The Labute approximate surface area is 108 Å². The van der Waals surface area contributed by atoms with E-state index in [1.54, 1.807) is 11.3 Å². The van der Waals surface area contributed by atoms with E-state index in [-0.39, 0.29) is 0 Å². The van der Waals surface area contributed by atoms with Gasteiger partial charge in [0.05, 0.1) is 6.54 Å². The molecule has 1 aliphatic rings. The number of thiophene rings is 1. The summed E-state index contributed by atoms with van der Waals surface area (Å²) in [5, 5.41) is 2.13. The minimum Gasteiger partial charge on any atom is -0.320 e. The molecule has 1 aromatic rings. The summed E-state index contributed by atoms with van der Waals surface area (Å²) in [5.74, 6) is 6.82. The second-order valence-electron chi connectivity index (χ2n) is 4.93. The van der Waals surface area contributed by atoms with Gasteiger partial charge in [-0.15, -0.1) is 11.3 Å². The average Bonchev–Trinajstić information content (AvgIpc) is 2.84. The van der Waals surface area contributed by atoms with Crippen molar-refractivity contribution in [2.75, 3.05) is 13.1 Å². The van der Waals surface area contributed by atoms with Crippen LogP contribution >= 0.6 is 11.3 Å². The molecule has 17 heavy (non-hydrogen) atoms. The smallest absolute Gasteiger partial charge is 0.0555 e. The van der Waals surface area contributed by atoms with Crippen LogP contribution in [0, 0.1) is 17.8 Å². The summed E-state index contributed by atoms with van der Waals surface area (Å²) in [4.78, 5) is 3.98. The molecule has 0 aromatic carbocycles. The zero-order chi connectivity index (χ0) is 12.3. The Morgan fingerprint density at radius 1 is 1.53 bits per heavy atom. The molecule has 2 nitrogen and oxygen atoms in total. The van der Waals surface area contributed by atoms with Crippen LogP contribution < -0.4 is 5.73 Å².